The van der Waals surface area contributed by atoms with Crippen LogP contribution in [0.15, 0.2) is 12.1 Å². The summed E-state index contributed by atoms with van der Waals surface area (Å²) < 4.78 is 22.7. The molecule has 0 spiro atoms. The highest BCUT2D eigenvalue weighted by Crippen LogP contribution is 2.22. The second-order valence-corrected chi connectivity index (χ2v) is 2.15. The molecule has 0 fully saturated rings. The lowest BCUT2D eigenvalue weighted by molar-refractivity contribution is 0.317. The first kappa shape index (κ1) is 8.84. The molecule has 0 N–H and O–H groups in total. The summed E-state index contributed by atoms with van der Waals surface area (Å²) >= 11 is 0. The van der Waals surface area contributed by atoms with Crippen LogP contribution in [0.25, 0.3) is 0 Å². The van der Waals surface area contributed by atoms with Crippen LogP contribution < -0.4 is 9.47 Å². The van der Waals surface area contributed by atoms with Gasteiger partial charge in [-0.05, 0) is 13.0 Å². The maximum Gasteiger partial charge on any atom is 0.165 e. The van der Waals surface area contributed by atoms with Crippen LogP contribution in [-0.4, -0.2) is 13.7 Å². The normalized spacial score (nSPS) is 9.58. The third-order valence-corrected chi connectivity index (χ3v) is 1.36. The first-order valence-corrected chi connectivity index (χ1v) is 3.66. The van der Waals surface area contributed by atoms with Crippen LogP contribution in [0, 0.1) is 11.9 Å². The third-order valence-electron chi connectivity index (χ3n) is 1.36. The van der Waals surface area contributed by atoms with Gasteiger partial charge in [-0.1, -0.05) is 0 Å². The van der Waals surface area contributed by atoms with Crippen molar-refractivity contribution >= 4 is 0 Å². The Bertz CT molecular complexity index is 261. The van der Waals surface area contributed by atoms with Crippen molar-refractivity contribution in [3.8, 4) is 11.5 Å². The summed E-state index contributed by atoms with van der Waals surface area (Å²) in [6.45, 7) is 2.23. The van der Waals surface area contributed by atoms with E-state index in [0.29, 0.717) is 12.4 Å². The maximum absolute atomic E-state index is 12.9. The van der Waals surface area contributed by atoms with Crippen molar-refractivity contribution in [1.82, 2.24) is 0 Å². The van der Waals surface area contributed by atoms with E-state index in [2.05, 4.69) is 6.07 Å². The molecule has 0 aliphatic heterocycles. The van der Waals surface area contributed by atoms with Crippen molar-refractivity contribution in [2.24, 2.45) is 0 Å². The highest BCUT2D eigenvalue weighted by Gasteiger charge is 2.03. The first-order chi connectivity index (χ1) is 5.77. The van der Waals surface area contributed by atoms with E-state index in [9.17, 15) is 4.39 Å². The molecule has 0 atom stereocenters. The number of methoxy groups -OCH3 is 1. The molecule has 0 unspecified atom stereocenters. The van der Waals surface area contributed by atoms with E-state index in [4.69, 9.17) is 9.47 Å². The Balaban J connectivity index is 2.91. The van der Waals surface area contributed by atoms with Gasteiger partial charge in [0, 0.05) is 12.1 Å². The van der Waals surface area contributed by atoms with E-state index >= 15 is 0 Å². The molecule has 0 amide bonds. The van der Waals surface area contributed by atoms with Crippen LogP contribution in [0.2, 0.25) is 0 Å². The predicted octanol–water partition coefficient (Wildman–Crippen LogP) is 2.03. The molecular weight excluding hydrogens is 159 g/mol. The summed E-state index contributed by atoms with van der Waals surface area (Å²) in [7, 11) is 1.50. The van der Waals surface area contributed by atoms with Crippen LogP contribution in [-0.2, 0) is 0 Å². The van der Waals surface area contributed by atoms with E-state index < -0.39 is 5.82 Å². The maximum atomic E-state index is 12.9. The Hall–Kier alpha value is -1.25. The minimum absolute atomic E-state index is 0.202. The monoisotopic (exact) mass is 169 g/mol. The fourth-order valence-electron chi connectivity index (χ4n) is 0.819. The van der Waals surface area contributed by atoms with Crippen molar-refractivity contribution in [2.45, 2.75) is 6.92 Å². The fourth-order valence-corrected chi connectivity index (χ4v) is 0.819. The van der Waals surface area contributed by atoms with E-state index in [1.54, 1.807) is 6.92 Å². The second kappa shape index (κ2) is 3.95. The standard InChI is InChI=1S/C9H10FO2/c1-3-12-9-6-7(11-2)4-5-8(9)10/h5-6H,3H2,1-2H3. The Morgan fingerprint density at radius 3 is 2.92 bits per heavy atom. The van der Waals surface area contributed by atoms with Crippen LogP contribution >= 0.6 is 0 Å². The smallest absolute Gasteiger partial charge is 0.165 e. The van der Waals surface area contributed by atoms with E-state index in [1.165, 1.54) is 19.2 Å². The lowest BCUT2D eigenvalue weighted by Crippen LogP contribution is -1.95. The van der Waals surface area contributed by atoms with Gasteiger partial charge in [0.15, 0.2) is 11.6 Å². The van der Waals surface area contributed by atoms with Gasteiger partial charge in [-0.15, -0.1) is 0 Å². The molecule has 0 aliphatic rings. The summed E-state index contributed by atoms with van der Waals surface area (Å²) in [6.07, 6.45) is 0. The van der Waals surface area contributed by atoms with E-state index in [0.717, 1.165) is 0 Å². The van der Waals surface area contributed by atoms with Crippen LogP contribution in [0.5, 0.6) is 11.5 Å². The summed E-state index contributed by atoms with van der Waals surface area (Å²) in [5.74, 6) is 0.255. The summed E-state index contributed by atoms with van der Waals surface area (Å²) in [5, 5.41) is 0. The Labute approximate surface area is 70.9 Å². The van der Waals surface area contributed by atoms with Crippen molar-refractivity contribution in [1.29, 1.82) is 0 Å². The molecule has 0 saturated carbocycles. The summed E-state index contributed by atoms with van der Waals surface area (Å²) in [6, 6.07) is 5.28. The molecule has 65 valence electrons. The Kier molecular flexibility index (Phi) is 2.91. The van der Waals surface area contributed by atoms with E-state index in [-0.39, 0.29) is 5.75 Å². The SMILES string of the molecule is CCOc1cc(OC)[c]cc1F. The predicted molar refractivity (Wildman–Crippen MR) is 43.0 cm³/mol. The molecule has 1 aromatic rings. The zero-order valence-corrected chi connectivity index (χ0v) is 7.06. The quantitative estimate of drug-likeness (QED) is 0.689. The first-order valence-electron chi connectivity index (χ1n) is 3.66. The van der Waals surface area contributed by atoms with Crippen LogP contribution in [0.3, 0.4) is 0 Å². The number of hydrogen-bond acceptors (Lipinski definition) is 2. The van der Waals surface area contributed by atoms with Gasteiger partial charge in [-0.2, -0.15) is 0 Å². The molecule has 0 saturated heterocycles. The molecule has 3 heteroatoms. The third kappa shape index (κ3) is 1.87. The van der Waals surface area contributed by atoms with Crippen molar-refractivity contribution < 1.29 is 13.9 Å². The summed E-state index contributed by atoms with van der Waals surface area (Å²) in [5.41, 5.74) is 0. The number of halogens is 1. The van der Waals surface area contributed by atoms with Gasteiger partial charge < -0.3 is 9.47 Å². The molecular formula is C9H10FO2. The topological polar surface area (TPSA) is 18.5 Å². The summed E-state index contributed by atoms with van der Waals surface area (Å²) in [4.78, 5) is 0. The minimum Gasteiger partial charge on any atom is -0.496 e. The number of hydrogen-bond donors (Lipinski definition) is 0. The van der Waals surface area contributed by atoms with Crippen molar-refractivity contribution in [2.75, 3.05) is 13.7 Å². The second-order valence-electron chi connectivity index (χ2n) is 2.15. The molecule has 12 heavy (non-hydrogen) atoms. The average molecular weight is 169 g/mol. The van der Waals surface area contributed by atoms with Crippen molar-refractivity contribution in [3.63, 3.8) is 0 Å². The van der Waals surface area contributed by atoms with Gasteiger partial charge in [-0.25, -0.2) is 4.39 Å². The van der Waals surface area contributed by atoms with Crippen LogP contribution in [0.4, 0.5) is 4.39 Å². The average Bonchev–Trinajstić information content (AvgIpc) is 2.09. The van der Waals surface area contributed by atoms with Gasteiger partial charge in [0.05, 0.1) is 13.7 Å². The van der Waals surface area contributed by atoms with Gasteiger partial charge in [0.25, 0.3) is 0 Å². The van der Waals surface area contributed by atoms with Gasteiger partial charge in [0.2, 0.25) is 0 Å². The fraction of sp³-hybridized carbons (Fsp3) is 0.333. The molecule has 1 aromatic carbocycles. The molecule has 0 aromatic heterocycles. The van der Waals surface area contributed by atoms with Crippen molar-refractivity contribution in [3.05, 3.63) is 24.0 Å². The molecule has 1 rings (SSSR count). The Morgan fingerprint density at radius 1 is 1.58 bits per heavy atom. The lowest BCUT2D eigenvalue weighted by atomic mass is 10.3. The van der Waals surface area contributed by atoms with Gasteiger partial charge >= 0.3 is 0 Å². The number of benzene rings is 1. The Morgan fingerprint density at radius 2 is 2.33 bits per heavy atom. The zero-order chi connectivity index (χ0) is 8.97. The molecule has 0 aliphatic carbocycles. The van der Waals surface area contributed by atoms with E-state index in [1.807, 2.05) is 0 Å². The molecule has 0 bridgehead atoms. The van der Waals surface area contributed by atoms with Gasteiger partial charge in [-0.3, -0.25) is 0 Å². The lowest BCUT2D eigenvalue weighted by Gasteiger charge is -2.05. The molecule has 1 radical (unpaired) electrons. The largest absolute Gasteiger partial charge is 0.496 e. The number of rotatable bonds is 3. The zero-order valence-electron chi connectivity index (χ0n) is 7.06. The highest BCUT2D eigenvalue weighted by molar-refractivity contribution is 5.33. The highest BCUT2D eigenvalue weighted by atomic mass is 19.1. The minimum atomic E-state index is -0.419. The van der Waals surface area contributed by atoms with Gasteiger partial charge in [0.1, 0.15) is 5.75 Å². The van der Waals surface area contributed by atoms with Crippen LogP contribution in [0.1, 0.15) is 6.92 Å². The molecule has 2 nitrogen and oxygen atoms in total. The number of ether oxygens (including phenoxy) is 2. The molecule has 0 heterocycles.